The van der Waals surface area contributed by atoms with E-state index in [2.05, 4.69) is 0 Å². The zero-order chi connectivity index (χ0) is 9.84. The summed E-state index contributed by atoms with van der Waals surface area (Å²) in [6, 6.07) is 5.45. The van der Waals surface area contributed by atoms with Crippen LogP contribution in [0, 0.1) is 0 Å². The Hall–Kier alpha value is -0.730. The van der Waals surface area contributed by atoms with Gasteiger partial charge in [0.2, 0.25) is 0 Å². The van der Waals surface area contributed by atoms with Gasteiger partial charge >= 0.3 is 0 Å². The van der Waals surface area contributed by atoms with Crippen molar-refractivity contribution in [3.8, 4) is 5.75 Å². The van der Waals surface area contributed by atoms with E-state index in [9.17, 15) is 0 Å². The van der Waals surface area contributed by atoms with Crippen LogP contribution in [0.25, 0.3) is 0 Å². The average Bonchev–Trinajstić information content (AvgIpc) is 2.07. The number of aryl methyl sites for hydroxylation is 1. The van der Waals surface area contributed by atoms with Gasteiger partial charge in [-0.1, -0.05) is 17.7 Å². The average molecular weight is 200 g/mol. The van der Waals surface area contributed by atoms with Gasteiger partial charge < -0.3 is 10.8 Å². The van der Waals surface area contributed by atoms with Gasteiger partial charge in [-0.2, -0.15) is 0 Å². The summed E-state index contributed by atoms with van der Waals surface area (Å²) in [7, 11) is 0. The third kappa shape index (κ3) is 3.25. The van der Waals surface area contributed by atoms with E-state index in [1.807, 2.05) is 13.0 Å². The van der Waals surface area contributed by atoms with Crippen LogP contribution in [0.3, 0.4) is 0 Å². The fraction of sp³-hybridized carbons (Fsp3) is 0.400. The molecule has 0 fully saturated rings. The van der Waals surface area contributed by atoms with Crippen molar-refractivity contribution in [3.05, 3.63) is 28.8 Å². The maximum Gasteiger partial charge on any atom is 0.134 e. The Labute approximate surface area is 83.3 Å². The maximum absolute atomic E-state index is 9.16. The lowest BCUT2D eigenvalue weighted by atomic mass is 10.1. The molecule has 1 atom stereocenters. The molecule has 0 aromatic heterocycles. The van der Waals surface area contributed by atoms with Crippen molar-refractivity contribution in [2.75, 3.05) is 0 Å². The van der Waals surface area contributed by atoms with Gasteiger partial charge in [0.1, 0.15) is 5.75 Å². The standard InChI is InChI=1S/C10H14ClNO/c1-7(12)2-3-8-4-5-10(13)9(11)6-8/h4-7,13H,2-3,12H2,1H3. The highest BCUT2D eigenvalue weighted by atomic mass is 35.5. The van der Waals surface area contributed by atoms with Gasteiger partial charge in [-0.3, -0.25) is 0 Å². The van der Waals surface area contributed by atoms with Gasteiger partial charge in [-0.15, -0.1) is 0 Å². The molecule has 2 nitrogen and oxygen atoms in total. The first-order valence-electron chi connectivity index (χ1n) is 4.32. The zero-order valence-corrected chi connectivity index (χ0v) is 8.38. The van der Waals surface area contributed by atoms with E-state index in [1.165, 1.54) is 0 Å². The molecular formula is C10H14ClNO. The predicted octanol–water partition coefficient (Wildman–Crippen LogP) is 2.33. The van der Waals surface area contributed by atoms with Crippen molar-refractivity contribution in [2.24, 2.45) is 5.73 Å². The summed E-state index contributed by atoms with van der Waals surface area (Å²) in [5, 5.41) is 9.57. The zero-order valence-electron chi connectivity index (χ0n) is 7.63. The lowest BCUT2D eigenvalue weighted by molar-refractivity contribution is 0.475. The van der Waals surface area contributed by atoms with Crippen LogP contribution in [0.5, 0.6) is 5.75 Å². The van der Waals surface area contributed by atoms with Crippen LogP contribution in [-0.4, -0.2) is 11.1 Å². The molecule has 0 saturated heterocycles. The molecular weight excluding hydrogens is 186 g/mol. The minimum atomic E-state index is 0.131. The molecule has 0 aliphatic rings. The minimum Gasteiger partial charge on any atom is -0.506 e. The second-order valence-corrected chi connectivity index (χ2v) is 3.71. The van der Waals surface area contributed by atoms with E-state index in [0.29, 0.717) is 5.02 Å². The predicted molar refractivity (Wildman–Crippen MR) is 55.1 cm³/mol. The number of hydrogen-bond acceptors (Lipinski definition) is 2. The van der Waals surface area contributed by atoms with Crippen molar-refractivity contribution in [2.45, 2.75) is 25.8 Å². The highest BCUT2D eigenvalue weighted by Gasteiger charge is 2.01. The van der Waals surface area contributed by atoms with E-state index >= 15 is 0 Å². The number of halogens is 1. The molecule has 1 rings (SSSR count). The number of benzene rings is 1. The van der Waals surface area contributed by atoms with Crippen LogP contribution in [0.2, 0.25) is 5.02 Å². The van der Waals surface area contributed by atoms with Crippen molar-refractivity contribution in [1.82, 2.24) is 0 Å². The molecule has 0 saturated carbocycles. The number of hydrogen-bond donors (Lipinski definition) is 2. The van der Waals surface area contributed by atoms with Crippen molar-refractivity contribution >= 4 is 11.6 Å². The quantitative estimate of drug-likeness (QED) is 0.785. The lowest BCUT2D eigenvalue weighted by Gasteiger charge is -2.05. The molecule has 0 aliphatic heterocycles. The van der Waals surface area contributed by atoms with Gasteiger partial charge in [0, 0.05) is 6.04 Å². The van der Waals surface area contributed by atoms with Crippen LogP contribution in [-0.2, 0) is 6.42 Å². The summed E-state index contributed by atoms with van der Waals surface area (Å²) < 4.78 is 0. The molecule has 0 spiro atoms. The van der Waals surface area contributed by atoms with E-state index in [4.69, 9.17) is 22.4 Å². The Morgan fingerprint density at radius 3 is 2.77 bits per heavy atom. The van der Waals surface area contributed by atoms with Crippen LogP contribution in [0.4, 0.5) is 0 Å². The SMILES string of the molecule is CC(N)CCc1ccc(O)c(Cl)c1. The topological polar surface area (TPSA) is 46.2 Å². The van der Waals surface area contributed by atoms with Crippen molar-refractivity contribution in [3.63, 3.8) is 0 Å². The number of phenols is 1. The number of rotatable bonds is 3. The molecule has 3 heteroatoms. The first kappa shape index (κ1) is 10.4. The largest absolute Gasteiger partial charge is 0.506 e. The first-order valence-corrected chi connectivity index (χ1v) is 4.70. The summed E-state index contributed by atoms with van der Waals surface area (Å²) in [6.45, 7) is 1.97. The monoisotopic (exact) mass is 199 g/mol. The molecule has 1 unspecified atom stereocenters. The van der Waals surface area contributed by atoms with E-state index in [1.54, 1.807) is 12.1 Å². The normalized spacial score (nSPS) is 12.8. The van der Waals surface area contributed by atoms with Gasteiger partial charge in [-0.25, -0.2) is 0 Å². The van der Waals surface area contributed by atoms with Gasteiger partial charge in [0.25, 0.3) is 0 Å². The molecule has 0 amide bonds. The smallest absolute Gasteiger partial charge is 0.134 e. The van der Waals surface area contributed by atoms with Crippen molar-refractivity contribution in [1.29, 1.82) is 0 Å². The molecule has 1 aromatic carbocycles. The summed E-state index contributed by atoms with van der Waals surface area (Å²) in [5.41, 5.74) is 6.74. The molecule has 0 bridgehead atoms. The number of nitrogens with two attached hydrogens (primary N) is 1. The highest BCUT2D eigenvalue weighted by Crippen LogP contribution is 2.24. The first-order chi connectivity index (χ1) is 6.09. The number of aromatic hydroxyl groups is 1. The van der Waals surface area contributed by atoms with Gasteiger partial charge in [-0.05, 0) is 37.5 Å². The Morgan fingerprint density at radius 1 is 1.54 bits per heavy atom. The van der Waals surface area contributed by atoms with Crippen LogP contribution in [0.15, 0.2) is 18.2 Å². The van der Waals surface area contributed by atoms with E-state index in [-0.39, 0.29) is 11.8 Å². The molecule has 0 radical (unpaired) electrons. The van der Waals surface area contributed by atoms with E-state index < -0.39 is 0 Å². The molecule has 72 valence electrons. The van der Waals surface area contributed by atoms with Crippen LogP contribution >= 0.6 is 11.6 Å². The minimum absolute atomic E-state index is 0.131. The maximum atomic E-state index is 9.16. The summed E-state index contributed by atoms with van der Waals surface area (Å²) in [5.74, 6) is 0.131. The summed E-state index contributed by atoms with van der Waals surface area (Å²) >= 11 is 5.75. The third-order valence-electron chi connectivity index (χ3n) is 1.90. The molecule has 3 N–H and O–H groups in total. The molecule has 13 heavy (non-hydrogen) atoms. The number of phenolic OH excluding ortho intramolecular Hbond substituents is 1. The van der Waals surface area contributed by atoms with E-state index in [0.717, 1.165) is 18.4 Å². The molecule has 1 aromatic rings. The molecule has 0 heterocycles. The fourth-order valence-electron chi connectivity index (χ4n) is 1.10. The highest BCUT2D eigenvalue weighted by molar-refractivity contribution is 6.32. The van der Waals surface area contributed by atoms with Gasteiger partial charge in [0.15, 0.2) is 0 Å². The fourth-order valence-corrected chi connectivity index (χ4v) is 1.30. The second kappa shape index (κ2) is 4.49. The van der Waals surface area contributed by atoms with Crippen molar-refractivity contribution < 1.29 is 5.11 Å². The Morgan fingerprint density at radius 2 is 2.23 bits per heavy atom. The Kier molecular flexibility index (Phi) is 3.58. The summed E-state index contributed by atoms with van der Waals surface area (Å²) in [4.78, 5) is 0. The Bertz CT molecular complexity index is 286. The Balaban J connectivity index is 2.63. The third-order valence-corrected chi connectivity index (χ3v) is 2.20. The van der Waals surface area contributed by atoms with Gasteiger partial charge in [0.05, 0.1) is 5.02 Å². The van der Waals surface area contributed by atoms with Crippen LogP contribution < -0.4 is 5.73 Å². The second-order valence-electron chi connectivity index (χ2n) is 3.30. The van der Waals surface area contributed by atoms with Crippen LogP contribution in [0.1, 0.15) is 18.9 Å². The summed E-state index contributed by atoms with van der Waals surface area (Å²) in [6.07, 6.45) is 1.83. The lowest BCUT2D eigenvalue weighted by Crippen LogP contribution is -2.15. The molecule has 0 aliphatic carbocycles.